The summed E-state index contributed by atoms with van der Waals surface area (Å²) in [5.41, 5.74) is -2.00. The van der Waals surface area contributed by atoms with Crippen LogP contribution >= 0.6 is 15.9 Å². The van der Waals surface area contributed by atoms with Gasteiger partial charge in [0.1, 0.15) is 5.75 Å². The normalized spacial score (nSPS) is 10.9. The first-order valence-electron chi connectivity index (χ1n) is 9.36. The fourth-order valence-electron chi connectivity index (χ4n) is 2.80. The Balaban J connectivity index is 1.72. The van der Waals surface area contributed by atoms with Crippen molar-refractivity contribution in [1.82, 2.24) is 14.5 Å². The third kappa shape index (κ3) is 7.21. The minimum absolute atomic E-state index is 0.366. The van der Waals surface area contributed by atoms with Gasteiger partial charge in [-0.1, -0.05) is 54.5 Å². The van der Waals surface area contributed by atoms with Crippen LogP contribution in [0, 0.1) is 0 Å². The Bertz CT molecular complexity index is 820. The zero-order valence-electron chi connectivity index (χ0n) is 15.3. The quantitative estimate of drug-likeness (QED) is 0.392. The van der Waals surface area contributed by atoms with E-state index in [1.807, 2.05) is 9.97 Å². The molecule has 0 fully saturated rings. The van der Waals surface area contributed by atoms with Crippen LogP contribution in [0.1, 0.15) is 51.4 Å². The summed E-state index contributed by atoms with van der Waals surface area (Å²) in [5, 5.41) is 1.10. The van der Waals surface area contributed by atoms with Crippen LogP contribution in [0.2, 0.25) is 0 Å². The zero-order valence-corrected chi connectivity index (χ0v) is 16.9. The Labute approximate surface area is 165 Å². The minimum atomic E-state index is -0.819. The highest BCUT2D eigenvalue weighted by molar-refractivity contribution is 9.09. The second-order valence-electron chi connectivity index (χ2n) is 6.38. The molecule has 0 aliphatic rings. The number of halogens is 1. The van der Waals surface area contributed by atoms with Gasteiger partial charge in [0.2, 0.25) is 0 Å². The van der Waals surface area contributed by atoms with E-state index >= 15 is 0 Å². The molecule has 0 unspecified atom stereocenters. The van der Waals surface area contributed by atoms with Crippen LogP contribution in [0.3, 0.4) is 0 Å². The first-order chi connectivity index (χ1) is 13.1. The highest BCUT2D eigenvalue weighted by atomic mass is 79.9. The van der Waals surface area contributed by atoms with E-state index in [1.54, 1.807) is 24.3 Å². The molecule has 1 aromatic heterocycles. The molecule has 1 heterocycles. The highest BCUT2D eigenvalue weighted by Gasteiger charge is 2.06. The van der Waals surface area contributed by atoms with Crippen LogP contribution in [0.25, 0.3) is 5.69 Å². The van der Waals surface area contributed by atoms with Crippen molar-refractivity contribution in [1.29, 1.82) is 0 Å². The van der Waals surface area contributed by atoms with E-state index < -0.39 is 17.1 Å². The lowest BCUT2D eigenvalue weighted by molar-refractivity contribution is 0.304. The van der Waals surface area contributed by atoms with E-state index in [0.29, 0.717) is 18.0 Å². The molecule has 2 N–H and O–H groups in total. The molecule has 0 saturated heterocycles. The van der Waals surface area contributed by atoms with E-state index in [0.717, 1.165) is 22.7 Å². The van der Waals surface area contributed by atoms with Crippen molar-refractivity contribution >= 4 is 15.9 Å². The number of hydrogen-bond acceptors (Lipinski definition) is 4. The molecule has 7 nitrogen and oxygen atoms in total. The van der Waals surface area contributed by atoms with Crippen molar-refractivity contribution < 1.29 is 4.74 Å². The summed E-state index contributed by atoms with van der Waals surface area (Å²) in [6.45, 7) is 0.641. The molecule has 1 aromatic carbocycles. The lowest BCUT2D eigenvalue weighted by Gasteiger charge is -2.08. The largest absolute Gasteiger partial charge is 0.494 e. The SMILES string of the molecule is O=c1[nH]c(=O)n(-c2ccc(OCCCCCCCCCCBr)cc2)c(=O)[nH]1. The summed E-state index contributed by atoms with van der Waals surface area (Å²) in [7, 11) is 0. The maximum Gasteiger partial charge on any atom is 0.338 e. The van der Waals surface area contributed by atoms with E-state index in [-0.39, 0.29) is 0 Å². The lowest BCUT2D eigenvalue weighted by Crippen LogP contribution is -2.42. The molecule has 2 aromatic rings. The predicted octanol–water partition coefficient (Wildman–Crippen LogP) is 3.11. The third-order valence-corrected chi connectivity index (χ3v) is 4.80. The lowest BCUT2D eigenvalue weighted by atomic mass is 10.1. The van der Waals surface area contributed by atoms with Gasteiger partial charge in [0.05, 0.1) is 12.3 Å². The van der Waals surface area contributed by atoms with Crippen LogP contribution in [-0.2, 0) is 0 Å². The second-order valence-corrected chi connectivity index (χ2v) is 7.18. The number of aromatic nitrogens is 3. The van der Waals surface area contributed by atoms with Crippen LogP contribution in [0.4, 0.5) is 0 Å². The average molecular weight is 440 g/mol. The molecule has 0 aliphatic heterocycles. The number of aromatic amines is 2. The van der Waals surface area contributed by atoms with Crippen molar-refractivity contribution in [2.45, 2.75) is 51.4 Å². The minimum Gasteiger partial charge on any atom is -0.494 e. The molecule has 0 bridgehead atoms. The smallest absolute Gasteiger partial charge is 0.338 e. The second kappa shape index (κ2) is 11.6. The number of benzene rings is 1. The van der Waals surface area contributed by atoms with E-state index in [2.05, 4.69) is 15.9 Å². The molecule has 27 heavy (non-hydrogen) atoms. The molecular formula is C19H26BrN3O4. The van der Waals surface area contributed by atoms with Crippen molar-refractivity contribution in [2.24, 2.45) is 0 Å². The van der Waals surface area contributed by atoms with Crippen molar-refractivity contribution in [2.75, 3.05) is 11.9 Å². The molecule has 0 saturated carbocycles. The maximum absolute atomic E-state index is 11.8. The van der Waals surface area contributed by atoms with Gasteiger partial charge >= 0.3 is 17.1 Å². The Hall–Kier alpha value is -2.09. The van der Waals surface area contributed by atoms with E-state index in [4.69, 9.17) is 4.74 Å². The van der Waals surface area contributed by atoms with E-state index in [1.165, 1.54) is 38.5 Å². The summed E-state index contributed by atoms with van der Waals surface area (Å²) < 4.78 is 6.56. The number of unbranched alkanes of at least 4 members (excludes halogenated alkanes) is 7. The molecular weight excluding hydrogens is 414 g/mol. The van der Waals surface area contributed by atoms with Crippen molar-refractivity contribution in [3.05, 3.63) is 55.7 Å². The summed E-state index contributed by atoms with van der Waals surface area (Å²) in [6.07, 6.45) is 9.85. The molecule has 0 amide bonds. The van der Waals surface area contributed by atoms with Gasteiger partial charge in [0.25, 0.3) is 0 Å². The van der Waals surface area contributed by atoms with E-state index in [9.17, 15) is 14.4 Å². The predicted molar refractivity (Wildman–Crippen MR) is 110 cm³/mol. The Morgan fingerprint density at radius 1 is 0.778 bits per heavy atom. The number of alkyl halides is 1. The number of nitrogens with one attached hydrogen (secondary N) is 2. The number of hydrogen-bond donors (Lipinski definition) is 2. The van der Waals surface area contributed by atoms with Gasteiger partial charge in [-0.25, -0.2) is 19.0 Å². The number of H-pyrrole nitrogens is 2. The van der Waals surface area contributed by atoms with Gasteiger partial charge in [-0.05, 0) is 37.1 Å². The summed E-state index contributed by atoms with van der Waals surface area (Å²) in [6, 6.07) is 6.63. The monoisotopic (exact) mass is 439 g/mol. The summed E-state index contributed by atoms with van der Waals surface area (Å²) in [4.78, 5) is 38.7. The first kappa shape index (κ1) is 21.2. The number of ether oxygens (including phenoxy) is 1. The molecule has 8 heteroatoms. The van der Waals surface area contributed by atoms with Crippen LogP contribution in [0.15, 0.2) is 38.6 Å². The third-order valence-electron chi connectivity index (χ3n) is 4.24. The Morgan fingerprint density at radius 2 is 1.30 bits per heavy atom. The van der Waals surface area contributed by atoms with Crippen molar-refractivity contribution in [3.63, 3.8) is 0 Å². The fraction of sp³-hybridized carbons (Fsp3) is 0.526. The molecule has 148 valence electrons. The van der Waals surface area contributed by atoms with Gasteiger partial charge in [-0.15, -0.1) is 0 Å². The molecule has 0 aliphatic carbocycles. The fourth-order valence-corrected chi connectivity index (χ4v) is 3.20. The first-order valence-corrected chi connectivity index (χ1v) is 10.5. The van der Waals surface area contributed by atoms with Crippen LogP contribution < -0.4 is 21.8 Å². The standard InChI is InChI=1S/C19H26BrN3O4/c20-13-7-5-3-1-2-4-6-8-14-27-16-11-9-15(10-12-16)23-18(25)21-17(24)22-19(23)26/h9-12H,1-8,13-14H2,(H2,21,22,24,25,26). The average Bonchev–Trinajstić information content (AvgIpc) is 2.63. The molecule has 2 rings (SSSR count). The van der Waals surface area contributed by atoms with Gasteiger partial charge in [0.15, 0.2) is 0 Å². The van der Waals surface area contributed by atoms with Gasteiger partial charge in [-0.2, -0.15) is 0 Å². The van der Waals surface area contributed by atoms with Crippen LogP contribution in [-0.4, -0.2) is 26.5 Å². The molecule has 0 atom stereocenters. The number of nitrogens with zero attached hydrogens (tertiary/aromatic N) is 1. The summed E-state index contributed by atoms with van der Waals surface area (Å²) in [5.74, 6) is 0.683. The van der Waals surface area contributed by atoms with Gasteiger partial charge < -0.3 is 4.74 Å². The van der Waals surface area contributed by atoms with Crippen molar-refractivity contribution in [3.8, 4) is 11.4 Å². The Morgan fingerprint density at radius 3 is 1.85 bits per heavy atom. The van der Waals surface area contributed by atoms with Crippen LogP contribution in [0.5, 0.6) is 5.75 Å². The zero-order chi connectivity index (χ0) is 19.5. The topological polar surface area (TPSA) is 96.9 Å². The maximum atomic E-state index is 11.8. The molecule has 0 radical (unpaired) electrons. The molecule has 0 spiro atoms. The highest BCUT2D eigenvalue weighted by Crippen LogP contribution is 2.14. The summed E-state index contributed by atoms with van der Waals surface area (Å²) >= 11 is 3.45. The van der Waals surface area contributed by atoms with Gasteiger partial charge in [0, 0.05) is 5.33 Å². The number of rotatable bonds is 12. The van der Waals surface area contributed by atoms with Gasteiger partial charge in [-0.3, -0.25) is 9.97 Å². The Kier molecular flexibility index (Phi) is 9.10.